The molecule has 0 aliphatic carbocycles. The number of rotatable bonds is 3. The van der Waals surface area contributed by atoms with E-state index in [0.29, 0.717) is 5.56 Å². The summed E-state index contributed by atoms with van der Waals surface area (Å²) in [5.41, 5.74) is 0.716. The van der Waals surface area contributed by atoms with E-state index in [0.717, 1.165) is 0 Å². The van der Waals surface area contributed by atoms with E-state index in [1.807, 2.05) is 18.2 Å². The minimum atomic E-state index is -0.912. The summed E-state index contributed by atoms with van der Waals surface area (Å²) in [6, 6.07) is 10.00. The molecule has 0 aliphatic rings. The lowest BCUT2D eigenvalue weighted by Crippen LogP contribution is -2.20. The van der Waals surface area contributed by atoms with Crippen LogP contribution in [-0.4, -0.2) is 20.9 Å². The second-order valence-corrected chi connectivity index (χ2v) is 3.14. The minimum Gasteiger partial charge on any atom is -0.479 e. The first-order valence-corrected chi connectivity index (χ1v) is 4.56. The Morgan fingerprint density at radius 1 is 1.27 bits per heavy atom. The van der Waals surface area contributed by atoms with Crippen LogP contribution in [-0.2, 0) is 4.79 Å². The molecule has 0 saturated carbocycles. The van der Waals surface area contributed by atoms with Gasteiger partial charge in [-0.25, -0.2) is 4.79 Å². The van der Waals surface area contributed by atoms with Crippen molar-refractivity contribution in [2.75, 3.05) is 0 Å². The summed E-state index contributed by atoms with van der Waals surface area (Å²) in [7, 11) is 0. The zero-order chi connectivity index (χ0) is 10.7. The van der Waals surface area contributed by atoms with Crippen LogP contribution in [0.1, 0.15) is 11.6 Å². The molecule has 0 fully saturated rings. The molecule has 1 atom stereocenters. The maximum absolute atomic E-state index is 11.1. The molecular formula is C11H10N2O2. The van der Waals surface area contributed by atoms with Crippen LogP contribution >= 0.6 is 0 Å². The number of hydrogen-bond donors (Lipinski definition) is 1. The molecule has 15 heavy (non-hydrogen) atoms. The third-order valence-electron chi connectivity index (χ3n) is 2.14. The van der Waals surface area contributed by atoms with Crippen molar-refractivity contribution in [3.05, 3.63) is 54.4 Å². The Kier molecular flexibility index (Phi) is 2.49. The third kappa shape index (κ3) is 1.88. The SMILES string of the molecule is O=C(O)[C@H](c1ccccc1)n1cccn1. The second kappa shape index (κ2) is 3.96. The van der Waals surface area contributed by atoms with Crippen molar-refractivity contribution in [3.63, 3.8) is 0 Å². The molecule has 76 valence electrons. The highest BCUT2D eigenvalue weighted by atomic mass is 16.4. The van der Waals surface area contributed by atoms with Crippen LogP contribution in [0, 0.1) is 0 Å². The number of carboxylic acids is 1. The zero-order valence-electron chi connectivity index (χ0n) is 7.95. The first-order chi connectivity index (χ1) is 7.29. The van der Waals surface area contributed by atoms with Gasteiger partial charge in [-0.2, -0.15) is 5.10 Å². The van der Waals surface area contributed by atoms with Crippen LogP contribution in [0.5, 0.6) is 0 Å². The number of nitrogens with zero attached hydrogens (tertiary/aromatic N) is 2. The summed E-state index contributed by atoms with van der Waals surface area (Å²) in [5.74, 6) is -0.912. The summed E-state index contributed by atoms with van der Waals surface area (Å²) in [6.45, 7) is 0. The van der Waals surface area contributed by atoms with Gasteiger partial charge in [-0.15, -0.1) is 0 Å². The molecule has 0 spiro atoms. The van der Waals surface area contributed by atoms with E-state index in [-0.39, 0.29) is 0 Å². The van der Waals surface area contributed by atoms with Crippen molar-refractivity contribution < 1.29 is 9.90 Å². The molecule has 0 radical (unpaired) electrons. The summed E-state index contributed by atoms with van der Waals surface area (Å²) in [6.07, 6.45) is 3.21. The summed E-state index contributed by atoms with van der Waals surface area (Å²) in [5, 5.41) is 13.1. The van der Waals surface area contributed by atoms with Gasteiger partial charge in [0.05, 0.1) is 0 Å². The number of hydrogen-bond acceptors (Lipinski definition) is 2. The second-order valence-electron chi connectivity index (χ2n) is 3.14. The van der Waals surface area contributed by atoms with Gasteiger partial charge >= 0.3 is 5.97 Å². The van der Waals surface area contributed by atoms with Gasteiger partial charge in [0.15, 0.2) is 6.04 Å². The van der Waals surface area contributed by atoms with Crippen molar-refractivity contribution in [2.45, 2.75) is 6.04 Å². The predicted molar refractivity (Wildman–Crippen MR) is 54.4 cm³/mol. The molecule has 1 heterocycles. The van der Waals surface area contributed by atoms with Crippen molar-refractivity contribution in [3.8, 4) is 0 Å². The van der Waals surface area contributed by atoms with Crippen LogP contribution in [0.15, 0.2) is 48.8 Å². The average Bonchev–Trinajstić information content (AvgIpc) is 2.72. The van der Waals surface area contributed by atoms with E-state index in [1.54, 1.807) is 30.6 Å². The smallest absolute Gasteiger partial charge is 0.333 e. The monoisotopic (exact) mass is 202 g/mol. The Morgan fingerprint density at radius 2 is 2.00 bits per heavy atom. The Labute approximate surface area is 86.8 Å². The van der Waals surface area contributed by atoms with Crippen molar-refractivity contribution in [1.29, 1.82) is 0 Å². The van der Waals surface area contributed by atoms with Gasteiger partial charge in [0, 0.05) is 12.4 Å². The molecule has 0 aliphatic heterocycles. The Morgan fingerprint density at radius 3 is 2.53 bits per heavy atom. The van der Waals surface area contributed by atoms with E-state index >= 15 is 0 Å². The minimum absolute atomic E-state index is 0.716. The number of carbonyl (C=O) groups is 1. The maximum atomic E-state index is 11.1. The lowest BCUT2D eigenvalue weighted by molar-refractivity contribution is -0.139. The Bertz CT molecular complexity index is 437. The lowest BCUT2D eigenvalue weighted by atomic mass is 10.1. The summed E-state index contributed by atoms with van der Waals surface area (Å²) < 4.78 is 1.43. The molecule has 1 aromatic heterocycles. The van der Waals surface area contributed by atoms with Crippen molar-refractivity contribution in [1.82, 2.24) is 9.78 Å². The molecule has 1 aromatic carbocycles. The first kappa shape index (κ1) is 9.45. The predicted octanol–water partition coefficient (Wildman–Crippen LogP) is 1.56. The van der Waals surface area contributed by atoms with E-state index in [1.165, 1.54) is 4.68 Å². The van der Waals surface area contributed by atoms with Crippen molar-refractivity contribution in [2.24, 2.45) is 0 Å². The first-order valence-electron chi connectivity index (χ1n) is 4.56. The Balaban J connectivity index is 2.42. The fourth-order valence-electron chi connectivity index (χ4n) is 1.48. The van der Waals surface area contributed by atoms with Crippen LogP contribution in [0.4, 0.5) is 0 Å². The van der Waals surface area contributed by atoms with Gasteiger partial charge in [0.1, 0.15) is 0 Å². The molecule has 0 bridgehead atoms. The van der Waals surface area contributed by atoms with Crippen LogP contribution in [0.2, 0.25) is 0 Å². The number of benzene rings is 1. The van der Waals surface area contributed by atoms with Gasteiger partial charge in [0.25, 0.3) is 0 Å². The fraction of sp³-hybridized carbons (Fsp3) is 0.0909. The highest BCUT2D eigenvalue weighted by Gasteiger charge is 2.21. The highest BCUT2D eigenvalue weighted by molar-refractivity contribution is 5.75. The highest BCUT2D eigenvalue weighted by Crippen LogP contribution is 2.16. The Hall–Kier alpha value is -2.10. The molecular weight excluding hydrogens is 192 g/mol. The van der Waals surface area contributed by atoms with E-state index in [4.69, 9.17) is 5.11 Å². The van der Waals surface area contributed by atoms with Gasteiger partial charge < -0.3 is 5.11 Å². The topological polar surface area (TPSA) is 55.1 Å². The standard InChI is InChI=1S/C11H10N2O2/c14-11(15)10(13-8-4-7-12-13)9-5-2-1-3-6-9/h1-8,10H,(H,14,15)/t10-/m0/s1. The molecule has 1 N–H and O–H groups in total. The quantitative estimate of drug-likeness (QED) is 0.821. The van der Waals surface area contributed by atoms with Gasteiger partial charge in [0.2, 0.25) is 0 Å². The third-order valence-corrected chi connectivity index (χ3v) is 2.14. The zero-order valence-corrected chi connectivity index (χ0v) is 7.95. The van der Waals surface area contributed by atoms with Gasteiger partial charge in [-0.3, -0.25) is 4.68 Å². The van der Waals surface area contributed by atoms with Crippen LogP contribution in [0.25, 0.3) is 0 Å². The molecule has 2 aromatic rings. The molecule has 0 saturated heterocycles. The molecule has 0 unspecified atom stereocenters. The molecule has 2 rings (SSSR count). The number of aliphatic carboxylic acids is 1. The van der Waals surface area contributed by atoms with E-state index in [2.05, 4.69) is 5.10 Å². The van der Waals surface area contributed by atoms with E-state index in [9.17, 15) is 4.79 Å². The van der Waals surface area contributed by atoms with Crippen LogP contribution < -0.4 is 0 Å². The van der Waals surface area contributed by atoms with E-state index < -0.39 is 12.0 Å². The van der Waals surface area contributed by atoms with Gasteiger partial charge in [-0.05, 0) is 11.6 Å². The lowest BCUT2D eigenvalue weighted by Gasteiger charge is -2.12. The summed E-state index contributed by atoms with van der Waals surface area (Å²) in [4.78, 5) is 11.1. The maximum Gasteiger partial charge on any atom is 0.333 e. The molecule has 0 amide bonds. The number of aromatic nitrogens is 2. The average molecular weight is 202 g/mol. The normalized spacial score (nSPS) is 12.3. The largest absolute Gasteiger partial charge is 0.479 e. The fourth-order valence-corrected chi connectivity index (χ4v) is 1.48. The van der Waals surface area contributed by atoms with Crippen molar-refractivity contribution >= 4 is 5.97 Å². The number of carboxylic acid groups (broad SMARTS) is 1. The summed E-state index contributed by atoms with van der Waals surface area (Å²) >= 11 is 0. The van der Waals surface area contributed by atoms with Crippen LogP contribution in [0.3, 0.4) is 0 Å². The van der Waals surface area contributed by atoms with Gasteiger partial charge in [-0.1, -0.05) is 30.3 Å². The molecule has 4 nitrogen and oxygen atoms in total. The molecule has 4 heteroatoms.